The maximum absolute atomic E-state index is 13.4. The van der Waals surface area contributed by atoms with E-state index in [1.165, 1.54) is 18.2 Å². The van der Waals surface area contributed by atoms with Gasteiger partial charge in [0.05, 0.1) is 0 Å². The molecule has 0 unspecified atom stereocenters. The zero-order valence-electron chi connectivity index (χ0n) is 10.8. The molecule has 0 heterocycles. The fourth-order valence-corrected chi connectivity index (χ4v) is 1.85. The molecule has 2 aromatic carbocycles. The standard InChI is InChI=1S/C15H13F2NO2/c1-9-6-12(19)3-4-13(9)15(20)18-8-10-7-11(16)2-5-14(10)17/h2-7,19H,8H2,1H3,(H,18,20). The molecule has 5 heteroatoms. The molecule has 2 N–H and O–H groups in total. The highest BCUT2D eigenvalue weighted by Crippen LogP contribution is 2.16. The zero-order chi connectivity index (χ0) is 14.7. The first-order valence-electron chi connectivity index (χ1n) is 5.99. The molecular weight excluding hydrogens is 264 g/mol. The molecule has 1 amide bonds. The number of phenols is 1. The van der Waals surface area contributed by atoms with Gasteiger partial charge in [0.2, 0.25) is 0 Å². The van der Waals surface area contributed by atoms with Crippen molar-refractivity contribution >= 4 is 5.91 Å². The topological polar surface area (TPSA) is 49.3 Å². The van der Waals surface area contributed by atoms with Crippen LogP contribution in [-0.2, 0) is 6.54 Å². The third-order valence-corrected chi connectivity index (χ3v) is 2.90. The molecule has 20 heavy (non-hydrogen) atoms. The molecule has 104 valence electrons. The summed E-state index contributed by atoms with van der Waals surface area (Å²) in [6.45, 7) is 1.57. The maximum Gasteiger partial charge on any atom is 0.251 e. The van der Waals surface area contributed by atoms with Crippen molar-refractivity contribution in [3.8, 4) is 5.75 Å². The van der Waals surface area contributed by atoms with Gasteiger partial charge in [0.1, 0.15) is 17.4 Å². The number of rotatable bonds is 3. The van der Waals surface area contributed by atoms with E-state index in [9.17, 15) is 18.7 Å². The van der Waals surface area contributed by atoms with Gasteiger partial charge in [-0.15, -0.1) is 0 Å². The van der Waals surface area contributed by atoms with E-state index in [0.29, 0.717) is 11.1 Å². The second-order valence-corrected chi connectivity index (χ2v) is 4.42. The Morgan fingerprint density at radius 2 is 1.95 bits per heavy atom. The monoisotopic (exact) mass is 277 g/mol. The van der Waals surface area contributed by atoms with Gasteiger partial charge in [-0.2, -0.15) is 0 Å². The number of benzene rings is 2. The first-order valence-corrected chi connectivity index (χ1v) is 5.99. The molecule has 2 aromatic rings. The van der Waals surface area contributed by atoms with Crippen molar-refractivity contribution in [3.63, 3.8) is 0 Å². The molecule has 0 bridgehead atoms. The number of nitrogens with one attached hydrogen (secondary N) is 1. The predicted molar refractivity (Wildman–Crippen MR) is 70.4 cm³/mol. The fraction of sp³-hybridized carbons (Fsp3) is 0.133. The van der Waals surface area contributed by atoms with Gasteiger partial charge in [0, 0.05) is 17.7 Å². The average molecular weight is 277 g/mol. The van der Waals surface area contributed by atoms with Gasteiger partial charge in [-0.1, -0.05) is 0 Å². The average Bonchev–Trinajstić information content (AvgIpc) is 2.39. The summed E-state index contributed by atoms with van der Waals surface area (Å²) in [5.41, 5.74) is 1.05. The molecular formula is C15H13F2NO2. The van der Waals surface area contributed by atoms with E-state index in [-0.39, 0.29) is 17.9 Å². The highest BCUT2D eigenvalue weighted by atomic mass is 19.1. The Balaban J connectivity index is 2.10. The number of carbonyl (C=O) groups excluding carboxylic acids is 1. The molecule has 2 rings (SSSR count). The van der Waals surface area contributed by atoms with Crippen molar-refractivity contribution in [2.75, 3.05) is 0 Å². The minimum atomic E-state index is -0.575. The van der Waals surface area contributed by atoms with Crippen LogP contribution < -0.4 is 5.32 Å². The SMILES string of the molecule is Cc1cc(O)ccc1C(=O)NCc1cc(F)ccc1F. The third kappa shape index (κ3) is 3.12. The summed E-state index contributed by atoms with van der Waals surface area (Å²) >= 11 is 0. The molecule has 0 aromatic heterocycles. The van der Waals surface area contributed by atoms with Crippen molar-refractivity contribution in [1.82, 2.24) is 5.32 Å². The van der Waals surface area contributed by atoms with E-state index in [1.807, 2.05) is 0 Å². The van der Waals surface area contributed by atoms with Crippen LogP contribution in [0.3, 0.4) is 0 Å². The van der Waals surface area contributed by atoms with Gasteiger partial charge in [-0.05, 0) is 48.9 Å². The summed E-state index contributed by atoms with van der Waals surface area (Å²) in [5, 5.41) is 11.8. The number of carbonyl (C=O) groups is 1. The lowest BCUT2D eigenvalue weighted by Crippen LogP contribution is -2.24. The van der Waals surface area contributed by atoms with Crippen LogP contribution in [0.1, 0.15) is 21.5 Å². The molecule has 0 atom stereocenters. The van der Waals surface area contributed by atoms with Gasteiger partial charge in [-0.3, -0.25) is 4.79 Å². The van der Waals surface area contributed by atoms with Crippen LogP contribution in [-0.4, -0.2) is 11.0 Å². The van der Waals surface area contributed by atoms with Crippen molar-refractivity contribution in [2.24, 2.45) is 0 Å². The summed E-state index contributed by atoms with van der Waals surface area (Å²) in [4.78, 5) is 11.9. The Bertz CT molecular complexity index is 656. The fourth-order valence-electron chi connectivity index (χ4n) is 1.85. The first kappa shape index (κ1) is 14.0. The van der Waals surface area contributed by atoms with Gasteiger partial charge < -0.3 is 10.4 Å². The van der Waals surface area contributed by atoms with E-state index in [0.717, 1.165) is 18.2 Å². The van der Waals surface area contributed by atoms with Gasteiger partial charge in [0.15, 0.2) is 0 Å². The smallest absolute Gasteiger partial charge is 0.251 e. The normalized spacial score (nSPS) is 10.3. The van der Waals surface area contributed by atoms with E-state index in [2.05, 4.69) is 5.32 Å². The van der Waals surface area contributed by atoms with E-state index >= 15 is 0 Å². The second kappa shape index (κ2) is 5.69. The van der Waals surface area contributed by atoms with Crippen LogP contribution in [0.15, 0.2) is 36.4 Å². The van der Waals surface area contributed by atoms with Crippen LogP contribution in [0.2, 0.25) is 0 Å². The Labute approximate surface area is 114 Å². The van der Waals surface area contributed by atoms with E-state index in [4.69, 9.17) is 0 Å². The third-order valence-electron chi connectivity index (χ3n) is 2.90. The molecule has 0 fully saturated rings. The molecule has 0 aliphatic carbocycles. The molecule has 3 nitrogen and oxygen atoms in total. The van der Waals surface area contributed by atoms with Gasteiger partial charge >= 0.3 is 0 Å². The van der Waals surface area contributed by atoms with Crippen molar-refractivity contribution in [1.29, 1.82) is 0 Å². The maximum atomic E-state index is 13.4. The van der Waals surface area contributed by atoms with E-state index in [1.54, 1.807) is 6.92 Å². The Morgan fingerprint density at radius 3 is 2.65 bits per heavy atom. The highest BCUT2D eigenvalue weighted by Gasteiger charge is 2.11. The molecule has 0 aliphatic rings. The minimum Gasteiger partial charge on any atom is -0.508 e. The number of phenolic OH excluding ortho intramolecular Hbond substituents is 1. The number of hydrogen-bond acceptors (Lipinski definition) is 2. The lowest BCUT2D eigenvalue weighted by Gasteiger charge is -2.09. The number of aromatic hydroxyl groups is 1. The van der Waals surface area contributed by atoms with Crippen molar-refractivity contribution in [3.05, 3.63) is 64.7 Å². The van der Waals surface area contributed by atoms with Gasteiger partial charge in [0.25, 0.3) is 5.91 Å². The Morgan fingerprint density at radius 1 is 1.20 bits per heavy atom. The first-order chi connectivity index (χ1) is 9.47. The van der Waals surface area contributed by atoms with Crippen molar-refractivity contribution in [2.45, 2.75) is 13.5 Å². The summed E-state index contributed by atoms with van der Waals surface area (Å²) in [6.07, 6.45) is 0. The molecule has 0 saturated heterocycles. The zero-order valence-corrected chi connectivity index (χ0v) is 10.8. The highest BCUT2D eigenvalue weighted by molar-refractivity contribution is 5.95. The summed E-state index contributed by atoms with van der Waals surface area (Å²) in [6, 6.07) is 7.40. The summed E-state index contributed by atoms with van der Waals surface area (Å²) in [5.74, 6) is -1.48. The minimum absolute atomic E-state index is 0.0650. The Hall–Kier alpha value is -2.43. The molecule has 0 aliphatic heterocycles. The predicted octanol–water partition coefficient (Wildman–Crippen LogP) is 2.91. The number of aryl methyl sites for hydroxylation is 1. The molecule has 0 saturated carbocycles. The number of amides is 1. The van der Waals surface area contributed by atoms with Crippen LogP contribution in [0, 0.1) is 18.6 Å². The van der Waals surface area contributed by atoms with Crippen LogP contribution >= 0.6 is 0 Å². The molecule has 0 spiro atoms. The number of hydrogen-bond donors (Lipinski definition) is 2. The summed E-state index contributed by atoms with van der Waals surface area (Å²) < 4.78 is 26.4. The van der Waals surface area contributed by atoms with Crippen LogP contribution in [0.4, 0.5) is 8.78 Å². The summed E-state index contributed by atoms with van der Waals surface area (Å²) in [7, 11) is 0. The lowest BCUT2D eigenvalue weighted by atomic mass is 10.1. The molecule has 0 radical (unpaired) electrons. The van der Waals surface area contributed by atoms with Gasteiger partial charge in [-0.25, -0.2) is 8.78 Å². The lowest BCUT2D eigenvalue weighted by molar-refractivity contribution is 0.0950. The second-order valence-electron chi connectivity index (χ2n) is 4.42. The Kier molecular flexibility index (Phi) is 3.98. The number of halogens is 2. The van der Waals surface area contributed by atoms with Crippen LogP contribution in [0.5, 0.6) is 5.75 Å². The van der Waals surface area contributed by atoms with E-state index < -0.39 is 17.5 Å². The quantitative estimate of drug-likeness (QED) is 0.906. The van der Waals surface area contributed by atoms with Crippen molar-refractivity contribution < 1.29 is 18.7 Å². The largest absolute Gasteiger partial charge is 0.508 e. The van der Waals surface area contributed by atoms with Crippen LogP contribution in [0.25, 0.3) is 0 Å².